The van der Waals surface area contributed by atoms with E-state index >= 15 is 0 Å². The monoisotopic (exact) mass is 212 g/mol. The summed E-state index contributed by atoms with van der Waals surface area (Å²) >= 11 is 1.72. The first kappa shape index (κ1) is 10.8. The SMILES string of the molecule is Cc1cc(NCNC(=N)N(C)C)cs1. The van der Waals surface area contributed by atoms with Gasteiger partial charge in [0.1, 0.15) is 0 Å². The van der Waals surface area contributed by atoms with Crippen LogP contribution in [0.15, 0.2) is 11.4 Å². The second-order valence-corrected chi connectivity index (χ2v) is 4.33. The third-order valence-electron chi connectivity index (χ3n) is 1.73. The van der Waals surface area contributed by atoms with E-state index in [0.717, 1.165) is 5.69 Å². The van der Waals surface area contributed by atoms with E-state index in [9.17, 15) is 0 Å². The summed E-state index contributed by atoms with van der Waals surface area (Å²) in [4.78, 5) is 3.01. The van der Waals surface area contributed by atoms with E-state index in [2.05, 4.69) is 29.0 Å². The van der Waals surface area contributed by atoms with Gasteiger partial charge in [-0.3, -0.25) is 5.41 Å². The molecule has 4 nitrogen and oxygen atoms in total. The van der Waals surface area contributed by atoms with Gasteiger partial charge in [-0.2, -0.15) is 0 Å². The molecule has 0 aromatic carbocycles. The van der Waals surface area contributed by atoms with Crippen molar-refractivity contribution in [1.82, 2.24) is 10.2 Å². The van der Waals surface area contributed by atoms with Crippen LogP contribution in [-0.2, 0) is 0 Å². The molecule has 14 heavy (non-hydrogen) atoms. The van der Waals surface area contributed by atoms with Crippen LogP contribution in [0.25, 0.3) is 0 Å². The average molecular weight is 212 g/mol. The number of nitrogens with zero attached hydrogens (tertiary/aromatic N) is 1. The van der Waals surface area contributed by atoms with Gasteiger partial charge in [-0.25, -0.2) is 0 Å². The number of anilines is 1. The average Bonchev–Trinajstić information content (AvgIpc) is 2.51. The molecule has 1 aromatic rings. The summed E-state index contributed by atoms with van der Waals surface area (Å²) in [5.74, 6) is 0.407. The number of hydrogen-bond acceptors (Lipinski definition) is 3. The molecule has 0 aliphatic heterocycles. The predicted octanol–water partition coefficient (Wildman–Crippen LogP) is 1.51. The number of rotatable bonds is 3. The zero-order valence-corrected chi connectivity index (χ0v) is 9.53. The maximum atomic E-state index is 7.49. The van der Waals surface area contributed by atoms with Crippen molar-refractivity contribution in [3.8, 4) is 0 Å². The Morgan fingerprint density at radius 1 is 1.57 bits per heavy atom. The first-order valence-electron chi connectivity index (χ1n) is 4.38. The zero-order valence-electron chi connectivity index (χ0n) is 8.72. The molecular weight excluding hydrogens is 196 g/mol. The van der Waals surface area contributed by atoms with Crippen LogP contribution in [0.4, 0.5) is 5.69 Å². The number of aryl methyl sites for hydroxylation is 1. The quantitative estimate of drug-likeness (QED) is 0.404. The minimum atomic E-state index is 0.407. The van der Waals surface area contributed by atoms with Crippen LogP contribution >= 0.6 is 11.3 Å². The van der Waals surface area contributed by atoms with Crippen molar-refractivity contribution in [3.05, 3.63) is 16.3 Å². The summed E-state index contributed by atoms with van der Waals surface area (Å²) < 4.78 is 0. The first-order chi connectivity index (χ1) is 6.59. The maximum Gasteiger partial charge on any atom is 0.191 e. The molecule has 0 aliphatic rings. The molecule has 0 atom stereocenters. The molecule has 0 aliphatic carbocycles. The number of guanidine groups is 1. The van der Waals surface area contributed by atoms with E-state index in [1.54, 1.807) is 16.2 Å². The highest BCUT2D eigenvalue weighted by Gasteiger charge is 1.97. The van der Waals surface area contributed by atoms with Crippen LogP contribution in [0.2, 0.25) is 0 Å². The lowest BCUT2D eigenvalue weighted by Gasteiger charge is -2.15. The van der Waals surface area contributed by atoms with Gasteiger partial charge in [-0.1, -0.05) is 0 Å². The Kier molecular flexibility index (Phi) is 3.76. The minimum absolute atomic E-state index is 0.407. The summed E-state index contributed by atoms with van der Waals surface area (Å²) in [5.41, 5.74) is 1.10. The molecule has 5 heteroatoms. The second kappa shape index (κ2) is 4.85. The lowest BCUT2D eigenvalue weighted by atomic mass is 10.4. The highest BCUT2D eigenvalue weighted by molar-refractivity contribution is 7.10. The van der Waals surface area contributed by atoms with Crippen molar-refractivity contribution in [2.45, 2.75) is 6.92 Å². The van der Waals surface area contributed by atoms with Gasteiger partial charge in [0.05, 0.1) is 6.67 Å². The molecule has 0 bridgehead atoms. The van der Waals surface area contributed by atoms with Gasteiger partial charge in [0.2, 0.25) is 0 Å². The minimum Gasteiger partial charge on any atom is -0.367 e. The van der Waals surface area contributed by atoms with Gasteiger partial charge in [0.15, 0.2) is 5.96 Å². The first-order valence-corrected chi connectivity index (χ1v) is 5.26. The van der Waals surface area contributed by atoms with Crippen LogP contribution < -0.4 is 10.6 Å². The second-order valence-electron chi connectivity index (χ2n) is 3.22. The molecule has 0 unspecified atom stereocenters. The molecule has 0 radical (unpaired) electrons. The van der Waals surface area contributed by atoms with E-state index in [4.69, 9.17) is 5.41 Å². The topological polar surface area (TPSA) is 51.1 Å². The van der Waals surface area contributed by atoms with Gasteiger partial charge in [-0.05, 0) is 13.0 Å². The lowest BCUT2D eigenvalue weighted by Crippen LogP contribution is -2.38. The van der Waals surface area contributed by atoms with Crippen molar-refractivity contribution in [2.24, 2.45) is 0 Å². The number of thiophene rings is 1. The molecule has 0 amide bonds. The molecule has 78 valence electrons. The van der Waals surface area contributed by atoms with Crippen LogP contribution in [0.1, 0.15) is 4.88 Å². The Morgan fingerprint density at radius 3 is 2.79 bits per heavy atom. The largest absolute Gasteiger partial charge is 0.367 e. The summed E-state index contributed by atoms with van der Waals surface area (Å²) in [6.07, 6.45) is 0. The summed E-state index contributed by atoms with van der Waals surface area (Å²) in [7, 11) is 3.67. The van der Waals surface area contributed by atoms with E-state index < -0.39 is 0 Å². The normalized spacial score (nSPS) is 9.64. The molecule has 3 N–H and O–H groups in total. The molecule has 0 saturated carbocycles. The molecular formula is C9H16N4S. The highest BCUT2D eigenvalue weighted by Crippen LogP contribution is 2.16. The van der Waals surface area contributed by atoms with Crippen molar-refractivity contribution < 1.29 is 0 Å². The maximum absolute atomic E-state index is 7.49. The third kappa shape index (κ3) is 3.26. The van der Waals surface area contributed by atoms with Crippen LogP contribution in [0.5, 0.6) is 0 Å². The Morgan fingerprint density at radius 2 is 2.29 bits per heavy atom. The Balaban J connectivity index is 2.25. The van der Waals surface area contributed by atoms with Gasteiger partial charge in [0.25, 0.3) is 0 Å². The summed E-state index contributed by atoms with van der Waals surface area (Å²) in [6.45, 7) is 2.65. The van der Waals surface area contributed by atoms with Gasteiger partial charge in [-0.15, -0.1) is 11.3 Å². The summed E-state index contributed by atoms with van der Waals surface area (Å²) in [5, 5.41) is 15.7. The molecule has 0 spiro atoms. The van der Waals surface area contributed by atoms with Gasteiger partial charge in [0, 0.05) is 30.0 Å². The Hall–Kier alpha value is -1.23. The molecule has 1 aromatic heterocycles. The van der Waals surface area contributed by atoms with E-state index in [1.807, 2.05) is 14.1 Å². The fourth-order valence-corrected chi connectivity index (χ4v) is 1.58. The van der Waals surface area contributed by atoms with Gasteiger partial charge < -0.3 is 15.5 Å². The molecule has 1 rings (SSSR count). The van der Waals surface area contributed by atoms with E-state index in [1.165, 1.54) is 4.88 Å². The van der Waals surface area contributed by atoms with Gasteiger partial charge >= 0.3 is 0 Å². The van der Waals surface area contributed by atoms with Crippen molar-refractivity contribution in [3.63, 3.8) is 0 Å². The van der Waals surface area contributed by atoms with Crippen LogP contribution in [0, 0.1) is 12.3 Å². The standard InChI is InChI=1S/C9H16N4S/c1-7-4-8(5-14-7)11-6-12-9(10)13(2)3/h4-5,11H,6H2,1-3H3,(H2,10,12). The molecule has 1 heterocycles. The van der Waals surface area contributed by atoms with Crippen molar-refractivity contribution >= 4 is 23.0 Å². The Bertz CT molecular complexity index is 306. The molecule has 0 saturated heterocycles. The fourth-order valence-electron chi connectivity index (χ4n) is 0.924. The lowest BCUT2D eigenvalue weighted by molar-refractivity contribution is 0.584. The van der Waals surface area contributed by atoms with Crippen molar-refractivity contribution in [2.75, 3.05) is 26.1 Å². The fraction of sp³-hybridized carbons (Fsp3) is 0.444. The molecule has 0 fully saturated rings. The summed E-state index contributed by atoms with van der Waals surface area (Å²) in [6, 6.07) is 2.09. The smallest absolute Gasteiger partial charge is 0.191 e. The number of hydrogen-bond donors (Lipinski definition) is 3. The third-order valence-corrected chi connectivity index (χ3v) is 2.59. The highest BCUT2D eigenvalue weighted by atomic mass is 32.1. The predicted molar refractivity (Wildman–Crippen MR) is 62.1 cm³/mol. The Labute approximate surface area is 88.4 Å². The van der Waals surface area contributed by atoms with Crippen LogP contribution in [0.3, 0.4) is 0 Å². The zero-order chi connectivity index (χ0) is 10.6. The van der Waals surface area contributed by atoms with Crippen LogP contribution in [-0.4, -0.2) is 31.6 Å². The van der Waals surface area contributed by atoms with E-state index in [-0.39, 0.29) is 0 Å². The van der Waals surface area contributed by atoms with Crippen molar-refractivity contribution in [1.29, 1.82) is 5.41 Å². The number of nitrogens with one attached hydrogen (secondary N) is 3. The van der Waals surface area contributed by atoms with E-state index in [0.29, 0.717) is 12.6 Å².